The van der Waals surface area contributed by atoms with E-state index in [4.69, 9.17) is 4.74 Å². The second-order valence-corrected chi connectivity index (χ2v) is 6.73. The van der Waals surface area contributed by atoms with Crippen LogP contribution in [-0.4, -0.2) is 50.8 Å². The lowest BCUT2D eigenvalue weighted by Crippen LogP contribution is -2.34. The minimum Gasteiger partial charge on any atom is -0.481 e. The summed E-state index contributed by atoms with van der Waals surface area (Å²) in [5.74, 6) is 0.599. The summed E-state index contributed by atoms with van der Waals surface area (Å²) in [5.41, 5.74) is 0.979. The number of aromatic nitrogens is 1. The van der Waals surface area contributed by atoms with Crippen LogP contribution in [0.3, 0.4) is 0 Å². The lowest BCUT2D eigenvalue weighted by Gasteiger charge is -2.17. The molecule has 6 nitrogen and oxygen atoms in total. The highest BCUT2D eigenvalue weighted by Gasteiger charge is 2.32. The number of hydrogen-bond donors (Lipinski definition) is 1. The number of methoxy groups -OCH3 is 1. The molecule has 1 aliphatic rings. The minimum absolute atomic E-state index is 0.333. The predicted molar refractivity (Wildman–Crippen MR) is 72.5 cm³/mol. The van der Waals surface area contributed by atoms with Crippen molar-refractivity contribution in [3.63, 3.8) is 0 Å². The van der Waals surface area contributed by atoms with E-state index >= 15 is 0 Å². The molecule has 1 unspecified atom stereocenters. The summed E-state index contributed by atoms with van der Waals surface area (Å²) >= 11 is 0. The highest BCUT2D eigenvalue weighted by Crippen LogP contribution is 2.21. The molecule has 2 rings (SSSR count). The molecular formula is C12H19N3O3S. The maximum atomic E-state index is 11.7. The third-order valence-electron chi connectivity index (χ3n) is 3.39. The number of likely N-dealkylation sites (tertiary alicyclic amines) is 1. The van der Waals surface area contributed by atoms with Crippen LogP contribution >= 0.6 is 0 Å². The van der Waals surface area contributed by atoms with Crippen LogP contribution in [0.1, 0.15) is 12.0 Å². The molecule has 0 aromatic carbocycles. The van der Waals surface area contributed by atoms with Crippen molar-refractivity contribution >= 4 is 10.0 Å². The van der Waals surface area contributed by atoms with E-state index in [1.807, 2.05) is 12.1 Å². The maximum Gasteiger partial charge on any atom is 0.217 e. The molecule has 7 heteroatoms. The van der Waals surface area contributed by atoms with Crippen molar-refractivity contribution < 1.29 is 13.2 Å². The number of nitrogens with zero attached hydrogens (tertiary/aromatic N) is 2. The minimum atomic E-state index is -3.18. The van der Waals surface area contributed by atoms with E-state index in [1.54, 1.807) is 13.3 Å². The van der Waals surface area contributed by atoms with Crippen molar-refractivity contribution in [1.82, 2.24) is 14.6 Å². The topological polar surface area (TPSA) is 71.5 Å². The molecule has 19 heavy (non-hydrogen) atoms. The zero-order chi connectivity index (χ0) is 13.9. The molecule has 106 valence electrons. The van der Waals surface area contributed by atoms with E-state index in [0.29, 0.717) is 25.4 Å². The van der Waals surface area contributed by atoms with Gasteiger partial charge in [0.25, 0.3) is 0 Å². The molecular weight excluding hydrogens is 266 g/mol. The number of hydrogen-bond acceptors (Lipinski definition) is 5. The van der Waals surface area contributed by atoms with Gasteiger partial charge in [-0.05, 0) is 26.1 Å². The summed E-state index contributed by atoms with van der Waals surface area (Å²) in [5, 5.41) is -0.333. The SMILES string of the molecule is CNS(=O)(=O)C1CCN(Cc2cccnc2OC)C1. The first-order valence-corrected chi connectivity index (χ1v) is 7.74. The molecule has 1 aliphatic heterocycles. The number of nitrogens with one attached hydrogen (secondary N) is 1. The number of pyridine rings is 1. The fraction of sp³-hybridized carbons (Fsp3) is 0.583. The number of sulfonamides is 1. The second-order valence-electron chi connectivity index (χ2n) is 4.57. The van der Waals surface area contributed by atoms with Crippen molar-refractivity contribution in [3.05, 3.63) is 23.9 Å². The van der Waals surface area contributed by atoms with Crippen LogP contribution in [0.4, 0.5) is 0 Å². The van der Waals surface area contributed by atoms with Gasteiger partial charge in [0.05, 0.1) is 12.4 Å². The summed E-state index contributed by atoms with van der Waals surface area (Å²) in [6, 6.07) is 3.81. The summed E-state index contributed by atoms with van der Waals surface area (Å²) < 4.78 is 31.1. The largest absolute Gasteiger partial charge is 0.481 e. The normalized spacial score (nSPS) is 20.6. The standard InChI is InChI=1S/C12H19N3O3S/c1-13-19(16,17)11-5-7-15(9-11)8-10-4-3-6-14-12(10)18-2/h3-4,6,11,13H,5,7-9H2,1-2H3. The van der Waals surface area contributed by atoms with Crippen molar-refractivity contribution in [1.29, 1.82) is 0 Å². The Hall–Kier alpha value is -1.18. The Morgan fingerprint density at radius 1 is 1.58 bits per heavy atom. The van der Waals surface area contributed by atoms with Gasteiger partial charge in [-0.25, -0.2) is 18.1 Å². The molecule has 0 saturated carbocycles. The predicted octanol–water partition coefficient (Wildman–Crippen LogP) is 0.214. The highest BCUT2D eigenvalue weighted by molar-refractivity contribution is 7.90. The maximum absolute atomic E-state index is 11.7. The molecule has 1 aromatic heterocycles. The van der Waals surface area contributed by atoms with Crippen LogP contribution in [-0.2, 0) is 16.6 Å². The average Bonchev–Trinajstić information content (AvgIpc) is 2.89. The Morgan fingerprint density at radius 3 is 3.05 bits per heavy atom. The van der Waals surface area contributed by atoms with E-state index in [2.05, 4.69) is 14.6 Å². The van der Waals surface area contributed by atoms with E-state index in [0.717, 1.165) is 12.1 Å². The fourth-order valence-corrected chi connectivity index (χ4v) is 3.49. The fourth-order valence-electron chi connectivity index (χ4n) is 2.33. The van der Waals surface area contributed by atoms with Gasteiger partial charge in [0.1, 0.15) is 0 Å². The van der Waals surface area contributed by atoms with E-state index < -0.39 is 10.0 Å². The zero-order valence-electron chi connectivity index (χ0n) is 11.2. The van der Waals surface area contributed by atoms with Gasteiger partial charge in [0.15, 0.2) is 0 Å². The van der Waals surface area contributed by atoms with Crippen molar-refractivity contribution in [2.45, 2.75) is 18.2 Å². The third kappa shape index (κ3) is 3.23. The molecule has 2 heterocycles. The van der Waals surface area contributed by atoms with Gasteiger partial charge in [0, 0.05) is 24.8 Å². The molecule has 1 fully saturated rings. The van der Waals surface area contributed by atoms with Gasteiger partial charge in [-0.2, -0.15) is 0 Å². The molecule has 0 radical (unpaired) electrons. The van der Waals surface area contributed by atoms with Crippen molar-refractivity contribution in [2.24, 2.45) is 0 Å². The van der Waals surface area contributed by atoms with Gasteiger partial charge in [-0.3, -0.25) is 4.90 Å². The monoisotopic (exact) mass is 285 g/mol. The van der Waals surface area contributed by atoms with Crippen LogP contribution in [0.2, 0.25) is 0 Å². The molecule has 1 atom stereocenters. The van der Waals surface area contributed by atoms with E-state index in [9.17, 15) is 8.42 Å². The highest BCUT2D eigenvalue weighted by atomic mass is 32.2. The molecule has 0 bridgehead atoms. The summed E-state index contributed by atoms with van der Waals surface area (Å²) in [6.07, 6.45) is 2.34. The Bertz CT molecular complexity index is 533. The lowest BCUT2D eigenvalue weighted by molar-refractivity contribution is 0.317. The van der Waals surface area contributed by atoms with Crippen molar-refractivity contribution in [3.8, 4) is 5.88 Å². The van der Waals surface area contributed by atoms with Gasteiger partial charge < -0.3 is 4.74 Å². The summed E-state index contributed by atoms with van der Waals surface area (Å²) in [6.45, 7) is 1.97. The Kier molecular flexibility index (Phi) is 4.38. The Morgan fingerprint density at radius 2 is 2.37 bits per heavy atom. The molecule has 1 aromatic rings. The van der Waals surface area contributed by atoms with Gasteiger partial charge in [-0.15, -0.1) is 0 Å². The Balaban J connectivity index is 2.03. The average molecular weight is 285 g/mol. The quantitative estimate of drug-likeness (QED) is 0.837. The van der Waals surface area contributed by atoms with Crippen LogP contribution in [0.15, 0.2) is 18.3 Å². The number of ether oxygens (including phenoxy) is 1. The summed E-state index contributed by atoms with van der Waals surface area (Å²) in [7, 11) is -0.130. The van der Waals surface area contributed by atoms with E-state index in [1.165, 1.54) is 7.05 Å². The van der Waals surface area contributed by atoms with Crippen LogP contribution < -0.4 is 9.46 Å². The first kappa shape index (κ1) is 14.2. The summed E-state index contributed by atoms with van der Waals surface area (Å²) in [4.78, 5) is 6.25. The second kappa shape index (κ2) is 5.85. The lowest BCUT2D eigenvalue weighted by atomic mass is 10.2. The smallest absolute Gasteiger partial charge is 0.217 e. The first-order valence-electron chi connectivity index (χ1n) is 6.19. The van der Waals surface area contributed by atoms with Crippen molar-refractivity contribution in [2.75, 3.05) is 27.2 Å². The number of rotatable bonds is 5. The molecule has 0 aliphatic carbocycles. The first-order chi connectivity index (χ1) is 9.06. The van der Waals surface area contributed by atoms with Crippen LogP contribution in [0, 0.1) is 0 Å². The zero-order valence-corrected chi connectivity index (χ0v) is 12.0. The molecule has 1 saturated heterocycles. The molecule has 0 spiro atoms. The van der Waals surface area contributed by atoms with Crippen LogP contribution in [0.5, 0.6) is 5.88 Å². The van der Waals surface area contributed by atoms with Gasteiger partial charge in [0.2, 0.25) is 15.9 Å². The van der Waals surface area contributed by atoms with E-state index in [-0.39, 0.29) is 5.25 Å². The van der Waals surface area contributed by atoms with Gasteiger partial charge in [-0.1, -0.05) is 6.07 Å². The van der Waals surface area contributed by atoms with Gasteiger partial charge >= 0.3 is 0 Å². The van der Waals surface area contributed by atoms with Crippen LogP contribution in [0.25, 0.3) is 0 Å². The third-order valence-corrected chi connectivity index (χ3v) is 5.22. The Labute approximate surface area is 113 Å². The molecule has 0 amide bonds. The molecule has 1 N–H and O–H groups in total.